The summed E-state index contributed by atoms with van der Waals surface area (Å²) in [7, 11) is 0. The number of carbonyl (C=O) groups is 1. The van der Waals surface area contributed by atoms with Gasteiger partial charge in [0, 0.05) is 6.42 Å². The summed E-state index contributed by atoms with van der Waals surface area (Å²) < 4.78 is 0. The van der Waals surface area contributed by atoms with Crippen molar-refractivity contribution in [3.8, 4) is 0 Å². The number of carboxylic acids is 1. The molecule has 0 aromatic rings. The molecule has 29 heavy (non-hydrogen) atoms. The van der Waals surface area contributed by atoms with Gasteiger partial charge in [-0.25, -0.2) is 0 Å². The molecule has 0 fully saturated rings. The Morgan fingerprint density at radius 3 is 1.21 bits per heavy atom. The Bertz CT molecular complexity index is 326. The molecule has 2 heteroatoms. The molecular weight excluding hydrogens is 356 g/mol. The fourth-order valence-electron chi connectivity index (χ4n) is 4.31. The van der Waals surface area contributed by atoms with Crippen molar-refractivity contribution in [3.63, 3.8) is 0 Å². The predicted molar refractivity (Wildman–Crippen MR) is 129 cm³/mol. The number of hydrogen-bond acceptors (Lipinski definition) is 1. The number of aliphatic carboxylic acids is 1. The van der Waals surface area contributed by atoms with E-state index in [1.54, 1.807) is 0 Å². The minimum atomic E-state index is -0.650. The highest BCUT2D eigenvalue weighted by Crippen LogP contribution is 2.19. The highest BCUT2D eigenvalue weighted by molar-refractivity contribution is 5.66. The highest BCUT2D eigenvalue weighted by Gasteiger charge is 2.02. The van der Waals surface area contributed by atoms with Crippen LogP contribution in [0.5, 0.6) is 0 Å². The van der Waals surface area contributed by atoms with Gasteiger partial charge in [-0.15, -0.1) is 0 Å². The van der Waals surface area contributed by atoms with Gasteiger partial charge in [-0.1, -0.05) is 149 Å². The van der Waals surface area contributed by atoms with Gasteiger partial charge in [-0.3, -0.25) is 4.79 Å². The first-order chi connectivity index (χ1) is 14.2. The number of unbranched alkanes of at least 4 members (excludes halogenated alkanes) is 18. The summed E-state index contributed by atoms with van der Waals surface area (Å²) in [6, 6.07) is 0. The maximum absolute atomic E-state index is 10.4. The van der Waals surface area contributed by atoms with Crippen LogP contribution in [0.3, 0.4) is 0 Å². The second kappa shape index (κ2) is 23.7. The monoisotopic (exact) mass is 410 g/mol. The average Bonchev–Trinajstić information content (AvgIpc) is 2.70. The van der Waals surface area contributed by atoms with Gasteiger partial charge in [0.05, 0.1) is 0 Å². The molecule has 0 saturated carbocycles. The maximum atomic E-state index is 10.4. The van der Waals surface area contributed by atoms with Crippen LogP contribution in [0.2, 0.25) is 0 Å². The molecule has 0 spiro atoms. The molecule has 1 N–H and O–H groups in total. The largest absolute Gasteiger partial charge is 0.481 e. The van der Waals surface area contributed by atoms with Crippen LogP contribution in [0.25, 0.3) is 0 Å². The van der Waals surface area contributed by atoms with Gasteiger partial charge < -0.3 is 5.11 Å². The van der Waals surface area contributed by atoms with Gasteiger partial charge in [-0.05, 0) is 12.3 Å². The summed E-state index contributed by atoms with van der Waals surface area (Å²) in [5, 5.41) is 8.60. The molecule has 0 aliphatic heterocycles. The lowest BCUT2D eigenvalue weighted by Crippen LogP contribution is -1.95. The van der Waals surface area contributed by atoms with E-state index in [0.29, 0.717) is 6.42 Å². The summed E-state index contributed by atoms with van der Waals surface area (Å²) in [6.07, 6.45) is 30.4. The topological polar surface area (TPSA) is 37.3 Å². The van der Waals surface area contributed by atoms with Crippen molar-refractivity contribution in [2.75, 3.05) is 0 Å². The lowest BCUT2D eigenvalue weighted by atomic mass is 9.95. The van der Waals surface area contributed by atoms with E-state index in [2.05, 4.69) is 13.8 Å². The molecule has 1 unspecified atom stereocenters. The quantitative estimate of drug-likeness (QED) is 0.161. The Morgan fingerprint density at radius 2 is 0.862 bits per heavy atom. The normalized spacial score (nSPS) is 12.3. The van der Waals surface area contributed by atoms with E-state index in [4.69, 9.17) is 5.11 Å². The maximum Gasteiger partial charge on any atom is 0.303 e. The summed E-state index contributed by atoms with van der Waals surface area (Å²) in [6.45, 7) is 4.75. The van der Waals surface area contributed by atoms with Crippen LogP contribution in [0.15, 0.2) is 0 Å². The summed E-state index contributed by atoms with van der Waals surface area (Å²) in [5.74, 6) is 0.290. The van der Waals surface area contributed by atoms with Crippen molar-refractivity contribution < 1.29 is 9.90 Å². The van der Waals surface area contributed by atoms with E-state index in [1.165, 1.54) is 128 Å². The lowest BCUT2D eigenvalue weighted by Gasteiger charge is -2.11. The molecule has 2 nitrogen and oxygen atoms in total. The fraction of sp³-hybridized carbons (Fsp3) is 0.963. The first-order valence-corrected chi connectivity index (χ1v) is 13.4. The van der Waals surface area contributed by atoms with Gasteiger partial charge in [0.2, 0.25) is 0 Å². The van der Waals surface area contributed by atoms with E-state index in [9.17, 15) is 4.79 Å². The van der Waals surface area contributed by atoms with Crippen molar-refractivity contribution in [3.05, 3.63) is 0 Å². The van der Waals surface area contributed by atoms with E-state index in [0.717, 1.165) is 18.8 Å². The van der Waals surface area contributed by atoms with Gasteiger partial charge in [0.1, 0.15) is 0 Å². The van der Waals surface area contributed by atoms with Crippen LogP contribution in [0, 0.1) is 5.92 Å². The van der Waals surface area contributed by atoms with Crippen LogP contribution < -0.4 is 0 Å². The SMILES string of the molecule is CCCCCCCCCC(C)CCCCCCCCCCCCCCCC(=O)O. The number of hydrogen-bond donors (Lipinski definition) is 1. The van der Waals surface area contributed by atoms with Gasteiger partial charge >= 0.3 is 5.97 Å². The second-order valence-corrected chi connectivity index (χ2v) is 9.54. The third-order valence-corrected chi connectivity index (χ3v) is 6.39. The Hall–Kier alpha value is -0.530. The lowest BCUT2D eigenvalue weighted by molar-refractivity contribution is -0.137. The first-order valence-electron chi connectivity index (χ1n) is 13.4. The molecule has 0 heterocycles. The third-order valence-electron chi connectivity index (χ3n) is 6.39. The Balaban J connectivity index is 3.13. The van der Waals surface area contributed by atoms with Crippen LogP contribution in [-0.2, 0) is 4.79 Å². The van der Waals surface area contributed by atoms with Crippen molar-refractivity contribution >= 4 is 5.97 Å². The minimum absolute atomic E-state index is 0.345. The predicted octanol–water partition coefficient (Wildman–Crippen LogP) is 9.70. The first kappa shape index (κ1) is 28.5. The van der Waals surface area contributed by atoms with Gasteiger partial charge in [0.25, 0.3) is 0 Å². The zero-order valence-electron chi connectivity index (χ0n) is 20.2. The van der Waals surface area contributed by atoms with E-state index < -0.39 is 5.97 Å². The van der Waals surface area contributed by atoms with Gasteiger partial charge in [0.15, 0.2) is 0 Å². The molecule has 0 aliphatic carbocycles. The minimum Gasteiger partial charge on any atom is -0.481 e. The Labute approximate surface area is 183 Å². The zero-order chi connectivity index (χ0) is 21.4. The average molecular weight is 411 g/mol. The van der Waals surface area contributed by atoms with E-state index in [1.807, 2.05) is 0 Å². The molecule has 0 aromatic carbocycles. The summed E-state index contributed by atoms with van der Waals surface area (Å²) in [4.78, 5) is 10.4. The van der Waals surface area contributed by atoms with Crippen molar-refractivity contribution in [2.45, 2.75) is 162 Å². The third kappa shape index (κ3) is 25.4. The standard InChI is InChI=1S/C27H54O2/c1-3-4-5-6-14-17-20-23-26(2)24-21-18-15-12-10-8-7-9-11-13-16-19-22-25-27(28)29/h26H,3-25H2,1-2H3,(H,28,29). The van der Waals surface area contributed by atoms with Crippen LogP contribution in [0.4, 0.5) is 0 Å². The molecule has 1 atom stereocenters. The number of carboxylic acid groups (broad SMARTS) is 1. The molecule has 0 amide bonds. The Kier molecular flexibility index (Phi) is 23.3. The Morgan fingerprint density at radius 1 is 0.552 bits per heavy atom. The van der Waals surface area contributed by atoms with E-state index >= 15 is 0 Å². The second-order valence-electron chi connectivity index (χ2n) is 9.54. The summed E-state index contributed by atoms with van der Waals surface area (Å²) >= 11 is 0. The molecule has 0 bridgehead atoms. The zero-order valence-corrected chi connectivity index (χ0v) is 20.2. The van der Waals surface area contributed by atoms with Crippen molar-refractivity contribution in [2.24, 2.45) is 5.92 Å². The molecule has 0 rings (SSSR count). The molecule has 0 saturated heterocycles. The van der Waals surface area contributed by atoms with Crippen molar-refractivity contribution in [1.82, 2.24) is 0 Å². The number of rotatable bonds is 24. The van der Waals surface area contributed by atoms with E-state index in [-0.39, 0.29) is 0 Å². The van der Waals surface area contributed by atoms with Crippen LogP contribution in [-0.4, -0.2) is 11.1 Å². The van der Waals surface area contributed by atoms with Crippen LogP contribution >= 0.6 is 0 Å². The van der Waals surface area contributed by atoms with Crippen molar-refractivity contribution in [1.29, 1.82) is 0 Å². The summed E-state index contributed by atoms with van der Waals surface area (Å²) in [5.41, 5.74) is 0. The molecule has 0 radical (unpaired) electrons. The van der Waals surface area contributed by atoms with Gasteiger partial charge in [-0.2, -0.15) is 0 Å². The molecule has 0 aromatic heterocycles. The highest BCUT2D eigenvalue weighted by atomic mass is 16.4. The molecule has 174 valence electrons. The smallest absolute Gasteiger partial charge is 0.303 e. The van der Waals surface area contributed by atoms with Crippen LogP contribution in [0.1, 0.15) is 162 Å². The fourth-order valence-corrected chi connectivity index (χ4v) is 4.31. The molecular formula is C27H54O2. The molecule has 0 aliphatic rings.